The van der Waals surface area contributed by atoms with Gasteiger partial charge in [0.25, 0.3) is 0 Å². The van der Waals surface area contributed by atoms with Crippen LogP contribution in [0.2, 0.25) is 0 Å². The summed E-state index contributed by atoms with van der Waals surface area (Å²) in [5.74, 6) is 0.517. The van der Waals surface area contributed by atoms with Gasteiger partial charge in [-0.3, -0.25) is 0 Å². The van der Waals surface area contributed by atoms with E-state index in [1.807, 2.05) is 27.7 Å². The first kappa shape index (κ1) is 13.5. The van der Waals surface area contributed by atoms with Crippen LogP contribution in [-0.2, 0) is 0 Å². The van der Waals surface area contributed by atoms with Gasteiger partial charge in [0.15, 0.2) is 5.82 Å². The Labute approximate surface area is 112 Å². The van der Waals surface area contributed by atoms with Crippen LogP contribution in [0.5, 0.6) is 0 Å². The average Bonchev–Trinajstić information content (AvgIpc) is 2.34. The third-order valence-electron chi connectivity index (χ3n) is 3.09. The minimum atomic E-state index is -0.233. The Bertz CT molecular complexity index is 609. The molecule has 1 N–H and O–H groups in total. The molecule has 1 heterocycles. The predicted molar refractivity (Wildman–Crippen MR) is 75.8 cm³/mol. The van der Waals surface area contributed by atoms with Gasteiger partial charge in [-0.15, -0.1) is 0 Å². The van der Waals surface area contributed by atoms with Crippen LogP contribution in [0.4, 0.5) is 10.2 Å². The Morgan fingerprint density at radius 1 is 1.11 bits per heavy atom. The molecule has 0 fully saturated rings. The van der Waals surface area contributed by atoms with Gasteiger partial charge in [0.1, 0.15) is 11.5 Å². The van der Waals surface area contributed by atoms with Crippen LogP contribution in [0, 0.1) is 26.6 Å². The summed E-state index contributed by atoms with van der Waals surface area (Å²) in [5.41, 5.74) is 4.34. The summed E-state index contributed by atoms with van der Waals surface area (Å²) < 4.78 is 13.2. The molecule has 4 heteroatoms. The molecule has 0 aliphatic carbocycles. The van der Waals surface area contributed by atoms with Gasteiger partial charge in [-0.2, -0.15) is 0 Å². The smallest absolute Gasteiger partial charge is 0.152 e. The highest BCUT2D eigenvalue weighted by Gasteiger charge is 2.13. The van der Waals surface area contributed by atoms with Crippen LogP contribution in [0.15, 0.2) is 18.2 Å². The zero-order valence-corrected chi connectivity index (χ0v) is 11.7. The minimum Gasteiger partial charge on any atom is -0.369 e. The summed E-state index contributed by atoms with van der Waals surface area (Å²) in [6.45, 7) is 8.53. The Morgan fingerprint density at radius 3 is 2.42 bits per heavy atom. The molecule has 19 heavy (non-hydrogen) atoms. The summed E-state index contributed by atoms with van der Waals surface area (Å²) in [5, 5.41) is 3.22. The molecule has 1 aromatic carbocycles. The van der Waals surface area contributed by atoms with Gasteiger partial charge in [-0.25, -0.2) is 14.4 Å². The number of aromatic nitrogens is 2. The highest BCUT2D eigenvalue weighted by atomic mass is 19.1. The molecular weight excluding hydrogens is 241 g/mol. The fourth-order valence-corrected chi connectivity index (χ4v) is 1.97. The minimum absolute atomic E-state index is 0.233. The SMILES string of the molecule is CCNc1nc(C)c(C)nc1-c1ccc(F)cc1C. The molecule has 2 rings (SSSR count). The molecule has 3 nitrogen and oxygen atoms in total. The van der Waals surface area contributed by atoms with E-state index >= 15 is 0 Å². The van der Waals surface area contributed by atoms with Crippen molar-refractivity contribution in [1.29, 1.82) is 0 Å². The van der Waals surface area contributed by atoms with Gasteiger partial charge < -0.3 is 5.32 Å². The van der Waals surface area contributed by atoms with Gasteiger partial charge in [-0.05, 0) is 51.5 Å². The lowest BCUT2D eigenvalue weighted by Crippen LogP contribution is -2.06. The summed E-state index contributed by atoms with van der Waals surface area (Å²) >= 11 is 0. The lowest BCUT2D eigenvalue weighted by Gasteiger charge is -2.13. The number of nitrogens with zero attached hydrogens (tertiary/aromatic N) is 2. The summed E-state index contributed by atoms with van der Waals surface area (Å²) in [6, 6.07) is 4.72. The molecule has 2 aromatic rings. The first-order valence-corrected chi connectivity index (χ1v) is 6.38. The van der Waals surface area contributed by atoms with Gasteiger partial charge in [-0.1, -0.05) is 0 Å². The van der Waals surface area contributed by atoms with Crippen LogP contribution >= 0.6 is 0 Å². The Balaban J connectivity index is 2.62. The van der Waals surface area contributed by atoms with E-state index in [0.717, 1.165) is 40.6 Å². The van der Waals surface area contributed by atoms with Crippen molar-refractivity contribution in [2.24, 2.45) is 0 Å². The monoisotopic (exact) mass is 259 g/mol. The molecule has 1 aromatic heterocycles. The maximum atomic E-state index is 13.2. The third kappa shape index (κ3) is 2.72. The van der Waals surface area contributed by atoms with Gasteiger partial charge in [0.05, 0.1) is 11.4 Å². The number of hydrogen-bond acceptors (Lipinski definition) is 3. The largest absolute Gasteiger partial charge is 0.369 e. The topological polar surface area (TPSA) is 37.8 Å². The Morgan fingerprint density at radius 2 is 1.79 bits per heavy atom. The van der Waals surface area contributed by atoms with Gasteiger partial charge in [0.2, 0.25) is 0 Å². The standard InChI is InChI=1S/C15H18FN3/c1-5-17-15-14(18-10(3)11(4)19-15)13-7-6-12(16)8-9(13)2/h6-8H,5H2,1-4H3,(H,17,19). The van der Waals surface area contributed by atoms with Crippen molar-refractivity contribution in [3.63, 3.8) is 0 Å². The van der Waals surface area contributed by atoms with Crippen molar-refractivity contribution in [3.8, 4) is 11.3 Å². The van der Waals surface area contributed by atoms with Crippen LogP contribution < -0.4 is 5.32 Å². The number of halogens is 1. The molecule has 0 aliphatic heterocycles. The molecule has 100 valence electrons. The second-order valence-electron chi connectivity index (χ2n) is 4.58. The van der Waals surface area contributed by atoms with E-state index in [0.29, 0.717) is 0 Å². The fraction of sp³-hybridized carbons (Fsp3) is 0.333. The number of benzene rings is 1. The summed E-state index contributed by atoms with van der Waals surface area (Å²) in [7, 11) is 0. The number of hydrogen-bond donors (Lipinski definition) is 1. The maximum Gasteiger partial charge on any atom is 0.152 e. The number of anilines is 1. The highest BCUT2D eigenvalue weighted by Crippen LogP contribution is 2.28. The third-order valence-corrected chi connectivity index (χ3v) is 3.09. The first-order chi connectivity index (χ1) is 9.02. The molecule has 0 amide bonds. The first-order valence-electron chi connectivity index (χ1n) is 6.38. The number of rotatable bonds is 3. The second kappa shape index (κ2) is 5.34. The van der Waals surface area contributed by atoms with Crippen LogP contribution in [-0.4, -0.2) is 16.5 Å². The molecule has 0 atom stereocenters. The van der Waals surface area contributed by atoms with E-state index in [1.165, 1.54) is 12.1 Å². The van der Waals surface area contributed by atoms with Crippen molar-refractivity contribution in [1.82, 2.24) is 9.97 Å². The second-order valence-corrected chi connectivity index (χ2v) is 4.58. The van der Waals surface area contributed by atoms with E-state index in [4.69, 9.17) is 0 Å². The highest BCUT2D eigenvalue weighted by molar-refractivity contribution is 5.74. The summed E-state index contributed by atoms with van der Waals surface area (Å²) in [6.07, 6.45) is 0. The van der Waals surface area contributed by atoms with Gasteiger partial charge in [0, 0.05) is 12.1 Å². The molecule has 0 spiro atoms. The van der Waals surface area contributed by atoms with E-state index in [-0.39, 0.29) is 5.82 Å². The van der Waals surface area contributed by atoms with Crippen LogP contribution in [0.25, 0.3) is 11.3 Å². The molecular formula is C15H18FN3. The van der Waals surface area contributed by atoms with E-state index in [2.05, 4.69) is 15.3 Å². The Hall–Kier alpha value is -1.97. The van der Waals surface area contributed by atoms with Crippen molar-refractivity contribution < 1.29 is 4.39 Å². The molecule has 0 saturated carbocycles. The zero-order chi connectivity index (χ0) is 14.0. The predicted octanol–water partition coefficient (Wildman–Crippen LogP) is 3.64. The molecule has 0 radical (unpaired) electrons. The molecule has 0 aliphatic rings. The lowest BCUT2D eigenvalue weighted by molar-refractivity contribution is 0.627. The quantitative estimate of drug-likeness (QED) is 0.914. The number of aryl methyl sites for hydroxylation is 3. The van der Waals surface area contributed by atoms with E-state index < -0.39 is 0 Å². The van der Waals surface area contributed by atoms with Crippen molar-refractivity contribution in [3.05, 3.63) is 41.0 Å². The Kier molecular flexibility index (Phi) is 3.79. The van der Waals surface area contributed by atoms with E-state index in [9.17, 15) is 4.39 Å². The van der Waals surface area contributed by atoms with E-state index in [1.54, 1.807) is 6.07 Å². The maximum absolute atomic E-state index is 13.2. The lowest BCUT2D eigenvalue weighted by atomic mass is 10.0. The average molecular weight is 259 g/mol. The van der Waals surface area contributed by atoms with Crippen LogP contribution in [0.1, 0.15) is 23.9 Å². The van der Waals surface area contributed by atoms with Crippen molar-refractivity contribution >= 4 is 5.82 Å². The van der Waals surface area contributed by atoms with Crippen molar-refractivity contribution in [2.45, 2.75) is 27.7 Å². The van der Waals surface area contributed by atoms with Crippen LogP contribution in [0.3, 0.4) is 0 Å². The fourth-order valence-electron chi connectivity index (χ4n) is 1.97. The van der Waals surface area contributed by atoms with Crippen molar-refractivity contribution in [2.75, 3.05) is 11.9 Å². The number of nitrogens with one attached hydrogen (secondary N) is 1. The molecule has 0 unspecified atom stereocenters. The zero-order valence-electron chi connectivity index (χ0n) is 11.7. The normalized spacial score (nSPS) is 10.6. The molecule has 0 bridgehead atoms. The molecule has 0 saturated heterocycles. The van der Waals surface area contributed by atoms with Gasteiger partial charge >= 0.3 is 0 Å². The summed E-state index contributed by atoms with van der Waals surface area (Å²) in [4.78, 5) is 9.14.